The van der Waals surface area contributed by atoms with Crippen molar-refractivity contribution in [1.29, 1.82) is 0 Å². The number of aromatic nitrogens is 2. The molecule has 0 spiro atoms. The van der Waals surface area contributed by atoms with Gasteiger partial charge in [-0.25, -0.2) is 9.97 Å². The van der Waals surface area contributed by atoms with Crippen LogP contribution in [0.5, 0.6) is 0 Å². The second-order valence-corrected chi connectivity index (χ2v) is 5.45. The van der Waals surface area contributed by atoms with Crippen LogP contribution in [0.3, 0.4) is 0 Å². The molecule has 2 heterocycles. The molecule has 0 aliphatic carbocycles. The molecule has 0 bridgehead atoms. The number of nitrogens with one attached hydrogen (secondary N) is 1. The van der Waals surface area contributed by atoms with E-state index in [1.165, 1.54) is 12.8 Å². The van der Waals surface area contributed by atoms with Crippen LogP contribution in [0.1, 0.15) is 31.2 Å². The van der Waals surface area contributed by atoms with E-state index in [9.17, 15) is 0 Å². The van der Waals surface area contributed by atoms with Crippen molar-refractivity contribution >= 4 is 11.6 Å². The molecule has 1 atom stereocenters. The first-order chi connectivity index (χ1) is 9.69. The topological polar surface area (TPSA) is 50.3 Å². The highest BCUT2D eigenvalue weighted by Gasteiger charge is 2.23. The normalized spacial score (nSPS) is 19.2. The number of aryl methyl sites for hydroxylation is 1. The van der Waals surface area contributed by atoms with Crippen LogP contribution in [-0.4, -0.2) is 43.8 Å². The molecular weight excluding hydrogens is 252 g/mol. The van der Waals surface area contributed by atoms with Crippen molar-refractivity contribution in [3.05, 3.63) is 11.4 Å². The number of anilines is 2. The molecule has 20 heavy (non-hydrogen) atoms. The number of piperidine rings is 1. The molecule has 0 amide bonds. The zero-order valence-corrected chi connectivity index (χ0v) is 13.1. The first-order valence-corrected chi connectivity index (χ1v) is 7.48. The quantitative estimate of drug-likeness (QED) is 0.895. The predicted molar refractivity (Wildman–Crippen MR) is 82.5 cm³/mol. The molecule has 1 N–H and O–H groups in total. The van der Waals surface area contributed by atoms with E-state index in [2.05, 4.69) is 29.0 Å². The highest BCUT2D eigenvalue weighted by atomic mass is 16.5. The second-order valence-electron chi connectivity index (χ2n) is 5.45. The Morgan fingerprint density at radius 2 is 2.20 bits per heavy atom. The van der Waals surface area contributed by atoms with E-state index in [1.807, 2.05) is 7.05 Å². The molecule has 5 heteroatoms. The van der Waals surface area contributed by atoms with Gasteiger partial charge in [-0.2, -0.15) is 0 Å². The molecule has 0 saturated carbocycles. The van der Waals surface area contributed by atoms with Crippen molar-refractivity contribution in [3.8, 4) is 0 Å². The van der Waals surface area contributed by atoms with E-state index in [0.29, 0.717) is 5.92 Å². The summed E-state index contributed by atoms with van der Waals surface area (Å²) in [5.41, 5.74) is 1.14. The van der Waals surface area contributed by atoms with Gasteiger partial charge in [0.05, 0.1) is 6.61 Å². The van der Waals surface area contributed by atoms with Crippen molar-refractivity contribution in [2.24, 2.45) is 5.92 Å². The SMILES string of the molecule is CCc1nc(NC)c(C)c(N2CCCC(COC)C2)n1. The van der Waals surface area contributed by atoms with Crippen molar-refractivity contribution in [2.75, 3.05) is 44.1 Å². The average Bonchev–Trinajstić information content (AvgIpc) is 2.48. The lowest BCUT2D eigenvalue weighted by molar-refractivity contribution is 0.143. The summed E-state index contributed by atoms with van der Waals surface area (Å²) in [5.74, 6) is 3.54. The smallest absolute Gasteiger partial charge is 0.137 e. The standard InChI is InChI=1S/C15H26N4O/c1-5-13-17-14(16-3)11(2)15(18-13)19-8-6-7-12(9-19)10-20-4/h12H,5-10H2,1-4H3,(H,16,17,18). The molecule has 1 aromatic heterocycles. The summed E-state index contributed by atoms with van der Waals surface area (Å²) in [5, 5.41) is 3.18. The largest absolute Gasteiger partial charge is 0.384 e. The Morgan fingerprint density at radius 3 is 2.85 bits per heavy atom. The molecule has 2 rings (SSSR count). The summed E-state index contributed by atoms with van der Waals surface area (Å²) in [6.45, 7) is 7.13. The predicted octanol–water partition coefficient (Wildman–Crippen LogP) is 2.25. The Bertz CT molecular complexity index is 448. The molecule has 1 aliphatic heterocycles. The average molecular weight is 278 g/mol. The Hall–Kier alpha value is -1.36. The van der Waals surface area contributed by atoms with Gasteiger partial charge in [0.15, 0.2) is 0 Å². The third kappa shape index (κ3) is 3.20. The lowest BCUT2D eigenvalue weighted by Crippen LogP contribution is -2.38. The third-order valence-corrected chi connectivity index (χ3v) is 3.94. The minimum absolute atomic E-state index is 0.603. The van der Waals surface area contributed by atoms with Crippen LogP contribution >= 0.6 is 0 Å². The fourth-order valence-corrected chi connectivity index (χ4v) is 2.89. The van der Waals surface area contributed by atoms with Crippen molar-refractivity contribution in [3.63, 3.8) is 0 Å². The summed E-state index contributed by atoms with van der Waals surface area (Å²) in [7, 11) is 3.70. The fraction of sp³-hybridized carbons (Fsp3) is 0.733. The fourth-order valence-electron chi connectivity index (χ4n) is 2.89. The van der Waals surface area contributed by atoms with Crippen molar-refractivity contribution < 1.29 is 4.74 Å². The maximum atomic E-state index is 5.31. The van der Waals surface area contributed by atoms with Gasteiger partial charge < -0.3 is 15.0 Å². The molecule has 1 saturated heterocycles. The Balaban J connectivity index is 2.26. The molecule has 0 radical (unpaired) electrons. The molecule has 1 unspecified atom stereocenters. The molecule has 1 aliphatic rings. The maximum Gasteiger partial charge on any atom is 0.137 e. The van der Waals surface area contributed by atoms with E-state index in [4.69, 9.17) is 9.72 Å². The first-order valence-electron chi connectivity index (χ1n) is 7.48. The number of rotatable bonds is 5. The van der Waals surface area contributed by atoms with E-state index in [1.54, 1.807) is 7.11 Å². The molecule has 5 nitrogen and oxygen atoms in total. The molecule has 112 valence electrons. The van der Waals surface area contributed by atoms with Crippen molar-refractivity contribution in [1.82, 2.24) is 9.97 Å². The van der Waals surface area contributed by atoms with Crippen LogP contribution in [0.4, 0.5) is 11.6 Å². The number of hydrogen-bond donors (Lipinski definition) is 1. The van der Waals surface area contributed by atoms with E-state index < -0.39 is 0 Å². The van der Waals surface area contributed by atoms with Crippen LogP contribution in [0.25, 0.3) is 0 Å². The minimum atomic E-state index is 0.603. The van der Waals surface area contributed by atoms with Crippen LogP contribution in [0.2, 0.25) is 0 Å². The summed E-state index contributed by atoms with van der Waals surface area (Å²) >= 11 is 0. The van der Waals surface area contributed by atoms with Crippen molar-refractivity contribution in [2.45, 2.75) is 33.1 Å². The van der Waals surface area contributed by atoms with Crippen LogP contribution in [0, 0.1) is 12.8 Å². The second kappa shape index (κ2) is 6.88. The van der Waals surface area contributed by atoms with Gasteiger partial charge in [-0.15, -0.1) is 0 Å². The highest BCUT2D eigenvalue weighted by molar-refractivity contribution is 5.58. The Morgan fingerprint density at radius 1 is 1.40 bits per heavy atom. The third-order valence-electron chi connectivity index (χ3n) is 3.94. The van der Waals surface area contributed by atoms with Gasteiger partial charge in [-0.05, 0) is 25.7 Å². The van der Waals surface area contributed by atoms with E-state index in [0.717, 1.165) is 49.1 Å². The first kappa shape index (κ1) is 15.0. The number of hydrogen-bond acceptors (Lipinski definition) is 5. The van der Waals surface area contributed by atoms with Gasteiger partial charge in [0, 0.05) is 39.2 Å². The van der Waals surface area contributed by atoms with E-state index >= 15 is 0 Å². The van der Waals surface area contributed by atoms with Crippen LogP contribution < -0.4 is 10.2 Å². The lowest BCUT2D eigenvalue weighted by atomic mass is 9.98. The molecule has 1 aromatic rings. The maximum absolute atomic E-state index is 5.31. The molecular formula is C15H26N4O. The van der Waals surface area contributed by atoms with Gasteiger partial charge in [0.25, 0.3) is 0 Å². The number of ether oxygens (including phenoxy) is 1. The Kier molecular flexibility index (Phi) is 5.17. The summed E-state index contributed by atoms with van der Waals surface area (Å²) < 4.78 is 5.31. The minimum Gasteiger partial charge on any atom is -0.384 e. The summed E-state index contributed by atoms with van der Waals surface area (Å²) in [6, 6.07) is 0. The lowest BCUT2D eigenvalue weighted by Gasteiger charge is -2.34. The summed E-state index contributed by atoms with van der Waals surface area (Å²) in [6.07, 6.45) is 3.30. The Labute approximate surface area is 121 Å². The number of methoxy groups -OCH3 is 1. The van der Waals surface area contributed by atoms with Gasteiger partial charge in [-0.1, -0.05) is 6.92 Å². The van der Waals surface area contributed by atoms with Gasteiger partial charge >= 0.3 is 0 Å². The highest BCUT2D eigenvalue weighted by Crippen LogP contribution is 2.28. The number of nitrogens with zero attached hydrogens (tertiary/aromatic N) is 3. The van der Waals surface area contributed by atoms with Gasteiger partial charge in [0.1, 0.15) is 17.5 Å². The monoisotopic (exact) mass is 278 g/mol. The van der Waals surface area contributed by atoms with Crippen LogP contribution in [0.15, 0.2) is 0 Å². The van der Waals surface area contributed by atoms with Gasteiger partial charge in [-0.3, -0.25) is 0 Å². The zero-order valence-electron chi connectivity index (χ0n) is 13.1. The van der Waals surface area contributed by atoms with Gasteiger partial charge in [0.2, 0.25) is 0 Å². The summed E-state index contributed by atoms with van der Waals surface area (Å²) in [4.78, 5) is 11.7. The van der Waals surface area contributed by atoms with Crippen LogP contribution in [-0.2, 0) is 11.2 Å². The zero-order chi connectivity index (χ0) is 14.5. The van der Waals surface area contributed by atoms with E-state index in [-0.39, 0.29) is 0 Å². The molecule has 1 fully saturated rings. The molecule has 0 aromatic carbocycles.